The molecule has 1 atom stereocenters. The molecule has 2 heterocycles. The summed E-state index contributed by atoms with van der Waals surface area (Å²) in [6, 6.07) is 8.10. The maximum absolute atomic E-state index is 12.8. The van der Waals surface area contributed by atoms with E-state index in [4.69, 9.17) is 24.7 Å². The minimum atomic E-state index is -0.789. The number of nitrogens with zero attached hydrogens (tertiary/aromatic N) is 3. The molecular weight excluding hydrogens is 466 g/mol. The van der Waals surface area contributed by atoms with Crippen LogP contribution in [0, 0.1) is 0 Å². The molecular formula is C24H27N7O5. The Morgan fingerprint density at radius 3 is 2.33 bits per heavy atom. The quantitative estimate of drug-likeness (QED) is 0.260. The lowest BCUT2D eigenvalue weighted by atomic mass is 10.0. The van der Waals surface area contributed by atoms with Crippen molar-refractivity contribution in [3.63, 3.8) is 0 Å². The lowest BCUT2D eigenvalue weighted by Gasteiger charge is -2.16. The molecule has 0 spiro atoms. The van der Waals surface area contributed by atoms with Gasteiger partial charge in [0.1, 0.15) is 11.4 Å². The third kappa shape index (κ3) is 4.93. The Morgan fingerprint density at radius 2 is 1.72 bits per heavy atom. The Hall–Kier alpha value is -4.58. The van der Waals surface area contributed by atoms with E-state index in [9.17, 15) is 4.79 Å². The van der Waals surface area contributed by atoms with Crippen LogP contribution in [0.2, 0.25) is 0 Å². The molecule has 0 saturated heterocycles. The third-order valence-corrected chi connectivity index (χ3v) is 5.56. The molecule has 0 bridgehead atoms. The first kappa shape index (κ1) is 24.5. The fraction of sp³-hybridized carbons (Fsp3) is 0.250. The maximum atomic E-state index is 12.8. The van der Waals surface area contributed by atoms with Crippen LogP contribution in [0.25, 0.3) is 22.5 Å². The van der Waals surface area contributed by atoms with Crippen LogP contribution >= 0.6 is 0 Å². The largest absolute Gasteiger partial charge is 0.495 e. The summed E-state index contributed by atoms with van der Waals surface area (Å²) in [5.74, 6) is 1.54. The molecule has 0 saturated carbocycles. The number of amides is 1. The van der Waals surface area contributed by atoms with Gasteiger partial charge in [-0.05, 0) is 30.3 Å². The number of carbonyl (C=O) groups excluding carboxylic acids is 1. The molecule has 1 unspecified atom stereocenters. The van der Waals surface area contributed by atoms with E-state index in [2.05, 4.69) is 30.7 Å². The summed E-state index contributed by atoms with van der Waals surface area (Å²) in [5, 5.41) is 14.0. The Labute approximate surface area is 207 Å². The summed E-state index contributed by atoms with van der Waals surface area (Å²) in [5.41, 5.74) is 9.87. The van der Waals surface area contributed by atoms with Gasteiger partial charge in [-0.25, -0.2) is 4.98 Å². The van der Waals surface area contributed by atoms with Crippen molar-refractivity contribution in [2.75, 3.05) is 33.8 Å². The van der Waals surface area contributed by atoms with Crippen molar-refractivity contribution in [1.82, 2.24) is 25.4 Å². The molecule has 36 heavy (non-hydrogen) atoms. The number of carbonyl (C=O) groups is 1. The highest BCUT2D eigenvalue weighted by atomic mass is 16.5. The molecule has 12 heteroatoms. The SMILES string of the molecule is COc1ccc(-c2[nH]nnc2-c2cc(OC)c(OC)c(OC)c2)cc1NC(=O)C(N)Cc1cnc[nH]1. The summed E-state index contributed by atoms with van der Waals surface area (Å²) < 4.78 is 21.8. The van der Waals surface area contributed by atoms with E-state index in [-0.39, 0.29) is 5.91 Å². The van der Waals surface area contributed by atoms with Gasteiger partial charge in [-0.3, -0.25) is 9.89 Å². The highest BCUT2D eigenvalue weighted by Gasteiger charge is 2.21. The van der Waals surface area contributed by atoms with Gasteiger partial charge >= 0.3 is 0 Å². The van der Waals surface area contributed by atoms with E-state index in [0.717, 1.165) is 5.69 Å². The number of benzene rings is 2. The number of rotatable bonds is 10. The standard InChI is InChI=1S/C24H27N7O5/c1-33-18-6-5-13(7-17(18)28-24(32)16(25)10-15-11-26-12-27-15)21-22(30-31-29-21)14-8-19(34-2)23(36-4)20(9-14)35-3/h5-9,11-12,16H,10,25H2,1-4H3,(H,26,27)(H,28,32)(H,29,30,31). The van der Waals surface area contributed by atoms with Gasteiger partial charge in [-0.2, -0.15) is 0 Å². The van der Waals surface area contributed by atoms with Gasteiger partial charge in [-0.1, -0.05) is 5.21 Å². The number of imidazole rings is 1. The molecule has 4 aromatic rings. The monoisotopic (exact) mass is 493 g/mol. The molecule has 12 nitrogen and oxygen atoms in total. The van der Waals surface area contributed by atoms with Gasteiger partial charge in [0.25, 0.3) is 0 Å². The number of methoxy groups -OCH3 is 4. The first-order valence-electron chi connectivity index (χ1n) is 10.9. The zero-order valence-electron chi connectivity index (χ0n) is 20.3. The molecule has 5 N–H and O–H groups in total. The van der Waals surface area contributed by atoms with Gasteiger partial charge in [-0.15, -0.1) is 5.10 Å². The second-order valence-electron chi connectivity index (χ2n) is 7.74. The summed E-state index contributed by atoms with van der Waals surface area (Å²) >= 11 is 0. The molecule has 1 amide bonds. The zero-order chi connectivity index (χ0) is 25.7. The molecule has 0 fully saturated rings. The summed E-state index contributed by atoms with van der Waals surface area (Å²) in [4.78, 5) is 19.7. The predicted octanol–water partition coefficient (Wildman–Crippen LogP) is 2.40. The molecule has 188 valence electrons. The average Bonchev–Trinajstić information content (AvgIpc) is 3.60. The molecule has 0 aliphatic rings. The minimum absolute atomic E-state index is 0.309. The van der Waals surface area contributed by atoms with Gasteiger partial charge in [0, 0.05) is 29.4 Å². The lowest BCUT2D eigenvalue weighted by Crippen LogP contribution is -2.37. The predicted molar refractivity (Wildman–Crippen MR) is 132 cm³/mol. The normalized spacial score (nSPS) is 11.6. The van der Waals surface area contributed by atoms with Gasteiger partial charge < -0.3 is 35.0 Å². The van der Waals surface area contributed by atoms with Crippen LogP contribution < -0.4 is 30.0 Å². The van der Waals surface area contributed by atoms with Gasteiger partial charge in [0.15, 0.2) is 11.5 Å². The Bertz CT molecular complexity index is 1310. The number of aromatic nitrogens is 5. The van der Waals surface area contributed by atoms with Crippen molar-refractivity contribution in [2.24, 2.45) is 5.73 Å². The Morgan fingerprint density at radius 1 is 1.00 bits per heavy atom. The maximum Gasteiger partial charge on any atom is 0.241 e. The van der Waals surface area contributed by atoms with Crippen LogP contribution in [0.4, 0.5) is 5.69 Å². The number of ether oxygens (including phenoxy) is 4. The van der Waals surface area contributed by atoms with E-state index >= 15 is 0 Å². The summed E-state index contributed by atoms with van der Waals surface area (Å²) in [6.07, 6.45) is 3.48. The number of H-pyrrole nitrogens is 2. The minimum Gasteiger partial charge on any atom is -0.495 e. The molecule has 4 rings (SSSR count). The summed E-state index contributed by atoms with van der Waals surface area (Å²) in [7, 11) is 6.14. The Kier molecular flexibility index (Phi) is 7.35. The first-order valence-corrected chi connectivity index (χ1v) is 10.9. The smallest absolute Gasteiger partial charge is 0.241 e. The summed E-state index contributed by atoms with van der Waals surface area (Å²) in [6.45, 7) is 0. The number of anilines is 1. The van der Waals surface area contributed by atoms with Crippen molar-refractivity contribution in [3.8, 4) is 45.5 Å². The van der Waals surface area contributed by atoms with Gasteiger partial charge in [0.2, 0.25) is 11.7 Å². The van der Waals surface area contributed by atoms with Crippen molar-refractivity contribution >= 4 is 11.6 Å². The Balaban J connectivity index is 1.67. The number of hydrogen-bond donors (Lipinski definition) is 4. The van der Waals surface area contributed by atoms with E-state index in [1.165, 1.54) is 20.5 Å². The topological polar surface area (TPSA) is 162 Å². The highest BCUT2D eigenvalue weighted by Crippen LogP contribution is 2.42. The van der Waals surface area contributed by atoms with Crippen LogP contribution in [-0.2, 0) is 11.2 Å². The number of nitrogens with one attached hydrogen (secondary N) is 3. The third-order valence-electron chi connectivity index (χ3n) is 5.56. The van der Waals surface area contributed by atoms with Gasteiger partial charge in [0.05, 0.1) is 52.2 Å². The fourth-order valence-electron chi connectivity index (χ4n) is 3.76. The lowest BCUT2D eigenvalue weighted by molar-refractivity contribution is -0.117. The first-order chi connectivity index (χ1) is 17.5. The van der Waals surface area contributed by atoms with E-state index in [1.807, 2.05) is 6.07 Å². The van der Waals surface area contributed by atoms with Crippen molar-refractivity contribution in [2.45, 2.75) is 12.5 Å². The second kappa shape index (κ2) is 10.8. The molecule has 0 aliphatic carbocycles. The number of aromatic amines is 2. The fourth-order valence-corrected chi connectivity index (χ4v) is 3.76. The molecule has 0 radical (unpaired) electrons. The number of hydrogen-bond acceptors (Lipinski definition) is 9. The molecule has 0 aliphatic heterocycles. The van der Waals surface area contributed by atoms with Crippen molar-refractivity contribution in [3.05, 3.63) is 48.5 Å². The van der Waals surface area contributed by atoms with Crippen LogP contribution in [0.5, 0.6) is 23.0 Å². The second-order valence-corrected chi connectivity index (χ2v) is 7.74. The number of nitrogens with two attached hydrogens (primary N) is 1. The van der Waals surface area contributed by atoms with E-state index in [0.29, 0.717) is 57.6 Å². The van der Waals surface area contributed by atoms with E-state index < -0.39 is 6.04 Å². The molecule has 2 aromatic heterocycles. The van der Waals surface area contributed by atoms with E-state index in [1.54, 1.807) is 44.7 Å². The average molecular weight is 494 g/mol. The van der Waals surface area contributed by atoms with Crippen LogP contribution in [-0.4, -0.2) is 65.8 Å². The van der Waals surface area contributed by atoms with Crippen LogP contribution in [0.3, 0.4) is 0 Å². The molecule has 2 aromatic carbocycles. The van der Waals surface area contributed by atoms with Crippen LogP contribution in [0.1, 0.15) is 5.69 Å². The van der Waals surface area contributed by atoms with Crippen molar-refractivity contribution < 1.29 is 23.7 Å². The highest BCUT2D eigenvalue weighted by molar-refractivity contribution is 5.97. The zero-order valence-corrected chi connectivity index (χ0v) is 20.3. The van der Waals surface area contributed by atoms with Crippen molar-refractivity contribution in [1.29, 1.82) is 0 Å². The van der Waals surface area contributed by atoms with Crippen LogP contribution in [0.15, 0.2) is 42.9 Å².